The Morgan fingerprint density at radius 3 is 2.65 bits per heavy atom. The molecule has 5 nitrogen and oxygen atoms in total. The van der Waals surface area contributed by atoms with Crippen molar-refractivity contribution in [1.82, 2.24) is 15.3 Å². The second-order valence-corrected chi connectivity index (χ2v) is 7.01. The zero-order chi connectivity index (χ0) is 18.5. The monoisotopic (exact) mass is 367 g/mol. The molecule has 134 valence electrons. The maximum Gasteiger partial charge on any atom is 0.251 e. The molecule has 0 unspecified atom stereocenters. The van der Waals surface area contributed by atoms with Gasteiger partial charge in [-0.1, -0.05) is 18.2 Å². The summed E-state index contributed by atoms with van der Waals surface area (Å²) in [6.45, 7) is 4.25. The van der Waals surface area contributed by atoms with E-state index in [0.717, 1.165) is 23.4 Å². The summed E-state index contributed by atoms with van der Waals surface area (Å²) >= 11 is 1.61. The van der Waals surface area contributed by atoms with Crippen LogP contribution in [-0.2, 0) is 6.42 Å². The first-order chi connectivity index (χ1) is 12.5. The maximum atomic E-state index is 12.3. The number of aromatic nitrogens is 2. The molecule has 0 aliphatic heterocycles. The normalized spacial score (nSPS) is 12.0. The van der Waals surface area contributed by atoms with Gasteiger partial charge in [-0.25, -0.2) is 4.98 Å². The van der Waals surface area contributed by atoms with E-state index in [1.54, 1.807) is 36.5 Å². The van der Waals surface area contributed by atoms with Crippen molar-refractivity contribution in [3.63, 3.8) is 0 Å². The van der Waals surface area contributed by atoms with E-state index in [0.29, 0.717) is 17.8 Å². The van der Waals surface area contributed by atoms with Crippen LogP contribution in [-0.4, -0.2) is 27.5 Å². The van der Waals surface area contributed by atoms with E-state index < -0.39 is 6.10 Å². The Labute approximate surface area is 156 Å². The van der Waals surface area contributed by atoms with Crippen molar-refractivity contribution < 1.29 is 9.90 Å². The summed E-state index contributed by atoms with van der Waals surface area (Å²) in [5.41, 5.74) is 5.77. The van der Waals surface area contributed by atoms with Crippen molar-refractivity contribution in [2.24, 2.45) is 0 Å². The number of benzene rings is 1. The number of hydrogen-bond acceptors (Lipinski definition) is 5. The molecule has 3 rings (SSSR count). The minimum Gasteiger partial charge on any atom is -0.387 e. The molecule has 0 aliphatic carbocycles. The van der Waals surface area contributed by atoms with Crippen molar-refractivity contribution in [3.05, 3.63) is 69.8 Å². The summed E-state index contributed by atoms with van der Waals surface area (Å²) in [6, 6.07) is 12.9. The van der Waals surface area contributed by atoms with E-state index in [-0.39, 0.29) is 5.91 Å². The second-order valence-electron chi connectivity index (χ2n) is 6.07. The molecule has 0 saturated carbocycles. The third-order valence-corrected chi connectivity index (χ3v) is 5.12. The number of hydrogen-bond donors (Lipinski definition) is 2. The van der Waals surface area contributed by atoms with Crippen molar-refractivity contribution in [2.75, 3.05) is 6.54 Å². The molecule has 1 amide bonds. The SMILES string of the molecule is Cc1ncsc1CCNC(=O)c1ccc(-c2cccc([C@@H](C)O)n2)cc1. The lowest BCUT2D eigenvalue weighted by atomic mass is 10.1. The second kappa shape index (κ2) is 8.21. The first-order valence-corrected chi connectivity index (χ1v) is 9.35. The lowest BCUT2D eigenvalue weighted by molar-refractivity contribution is 0.0954. The first-order valence-electron chi connectivity index (χ1n) is 8.47. The lowest BCUT2D eigenvalue weighted by Crippen LogP contribution is -2.25. The standard InChI is InChI=1S/C20H21N3O2S/c1-13-19(26-12-22-13)10-11-21-20(25)16-8-6-15(7-9-16)18-5-3-4-17(23-18)14(2)24/h3-9,12,14,24H,10-11H2,1-2H3,(H,21,25)/t14-/m1/s1. The number of rotatable bonds is 6. The molecule has 26 heavy (non-hydrogen) atoms. The number of pyridine rings is 1. The summed E-state index contributed by atoms with van der Waals surface area (Å²) in [5, 5.41) is 12.6. The Hall–Kier alpha value is -2.57. The van der Waals surface area contributed by atoms with Crippen LogP contribution in [0.2, 0.25) is 0 Å². The number of aliphatic hydroxyl groups is 1. The Morgan fingerprint density at radius 2 is 2.00 bits per heavy atom. The number of amides is 1. The third kappa shape index (κ3) is 4.33. The number of nitrogens with zero attached hydrogens (tertiary/aromatic N) is 2. The molecule has 0 spiro atoms. The predicted octanol–water partition coefficient (Wildman–Crippen LogP) is 3.54. The zero-order valence-electron chi connectivity index (χ0n) is 14.8. The molecule has 6 heteroatoms. The topological polar surface area (TPSA) is 75.1 Å². The summed E-state index contributed by atoms with van der Waals surface area (Å²) in [5.74, 6) is -0.0931. The van der Waals surface area contributed by atoms with Gasteiger partial charge in [0.25, 0.3) is 5.91 Å². The van der Waals surface area contributed by atoms with Crippen LogP contribution in [0.25, 0.3) is 11.3 Å². The molecule has 2 aromatic heterocycles. The Bertz CT molecular complexity index is 888. The van der Waals surface area contributed by atoms with E-state index in [1.807, 2.05) is 36.7 Å². The number of carbonyl (C=O) groups excluding carboxylic acids is 1. The predicted molar refractivity (Wildman–Crippen MR) is 103 cm³/mol. The van der Waals surface area contributed by atoms with Crippen LogP contribution in [0.4, 0.5) is 0 Å². The Kier molecular flexibility index (Phi) is 5.75. The lowest BCUT2D eigenvalue weighted by Gasteiger charge is -2.08. The van der Waals surface area contributed by atoms with Gasteiger partial charge in [-0.2, -0.15) is 0 Å². The van der Waals surface area contributed by atoms with Gasteiger partial charge in [-0.05, 0) is 38.1 Å². The van der Waals surface area contributed by atoms with E-state index in [4.69, 9.17) is 0 Å². The maximum absolute atomic E-state index is 12.3. The van der Waals surface area contributed by atoms with E-state index >= 15 is 0 Å². The quantitative estimate of drug-likeness (QED) is 0.699. The van der Waals surface area contributed by atoms with Gasteiger partial charge < -0.3 is 10.4 Å². The largest absolute Gasteiger partial charge is 0.387 e. The number of aliphatic hydroxyl groups excluding tert-OH is 1. The fraction of sp³-hybridized carbons (Fsp3) is 0.250. The van der Waals surface area contributed by atoms with Crippen molar-refractivity contribution in [2.45, 2.75) is 26.4 Å². The number of aryl methyl sites for hydroxylation is 1. The van der Waals surface area contributed by atoms with Crippen LogP contribution in [0.5, 0.6) is 0 Å². The minimum absolute atomic E-state index is 0.0931. The van der Waals surface area contributed by atoms with Crippen LogP contribution in [0.15, 0.2) is 48.0 Å². The molecule has 0 fully saturated rings. The van der Waals surface area contributed by atoms with Crippen LogP contribution >= 0.6 is 11.3 Å². The number of nitrogens with one attached hydrogen (secondary N) is 1. The average molecular weight is 367 g/mol. The summed E-state index contributed by atoms with van der Waals surface area (Å²) < 4.78 is 0. The molecule has 2 N–H and O–H groups in total. The Balaban J connectivity index is 1.62. The molecule has 1 atom stereocenters. The van der Waals surface area contributed by atoms with Crippen molar-refractivity contribution >= 4 is 17.2 Å². The highest BCUT2D eigenvalue weighted by molar-refractivity contribution is 7.09. The summed E-state index contributed by atoms with van der Waals surface area (Å²) in [7, 11) is 0. The van der Waals surface area contributed by atoms with Gasteiger partial charge in [0, 0.05) is 29.0 Å². The smallest absolute Gasteiger partial charge is 0.251 e. The van der Waals surface area contributed by atoms with Crippen LogP contribution < -0.4 is 5.32 Å². The van der Waals surface area contributed by atoms with E-state index in [2.05, 4.69) is 15.3 Å². The zero-order valence-corrected chi connectivity index (χ0v) is 15.6. The first kappa shape index (κ1) is 18.2. The highest BCUT2D eigenvalue weighted by Crippen LogP contribution is 2.20. The van der Waals surface area contributed by atoms with E-state index in [1.165, 1.54) is 4.88 Å². The van der Waals surface area contributed by atoms with Gasteiger partial charge in [0.1, 0.15) is 0 Å². The van der Waals surface area contributed by atoms with Gasteiger partial charge in [0.15, 0.2) is 0 Å². The molecule has 1 aromatic carbocycles. The number of thiazole rings is 1. The van der Waals surface area contributed by atoms with Crippen molar-refractivity contribution in [3.8, 4) is 11.3 Å². The van der Waals surface area contributed by atoms with Crippen LogP contribution in [0.3, 0.4) is 0 Å². The van der Waals surface area contributed by atoms with E-state index in [9.17, 15) is 9.90 Å². The number of carbonyl (C=O) groups is 1. The van der Waals surface area contributed by atoms with Gasteiger partial charge in [0.05, 0.1) is 28.7 Å². The fourth-order valence-corrected chi connectivity index (χ4v) is 3.38. The molecule has 3 aromatic rings. The van der Waals surface area contributed by atoms with Gasteiger partial charge in [-0.3, -0.25) is 9.78 Å². The average Bonchev–Trinajstić information content (AvgIpc) is 3.07. The molecular formula is C20H21N3O2S. The fourth-order valence-electron chi connectivity index (χ4n) is 2.60. The highest BCUT2D eigenvalue weighted by Gasteiger charge is 2.09. The molecular weight excluding hydrogens is 346 g/mol. The molecule has 0 saturated heterocycles. The Morgan fingerprint density at radius 1 is 1.23 bits per heavy atom. The summed E-state index contributed by atoms with van der Waals surface area (Å²) in [4.78, 5) is 22.1. The molecule has 0 bridgehead atoms. The van der Waals surface area contributed by atoms with Crippen LogP contribution in [0, 0.1) is 6.92 Å². The minimum atomic E-state index is -0.609. The third-order valence-electron chi connectivity index (χ3n) is 4.12. The van der Waals surface area contributed by atoms with Gasteiger partial charge in [-0.15, -0.1) is 11.3 Å². The van der Waals surface area contributed by atoms with Gasteiger partial charge >= 0.3 is 0 Å². The van der Waals surface area contributed by atoms with Crippen LogP contribution in [0.1, 0.15) is 39.7 Å². The summed E-state index contributed by atoms with van der Waals surface area (Å²) in [6.07, 6.45) is 0.179. The highest BCUT2D eigenvalue weighted by atomic mass is 32.1. The molecule has 2 heterocycles. The van der Waals surface area contributed by atoms with Gasteiger partial charge in [0.2, 0.25) is 0 Å². The molecule has 0 radical (unpaired) electrons. The van der Waals surface area contributed by atoms with Crippen molar-refractivity contribution in [1.29, 1.82) is 0 Å². The molecule has 0 aliphatic rings.